The van der Waals surface area contributed by atoms with Crippen LogP contribution in [0.2, 0.25) is 0 Å². The third-order valence-corrected chi connectivity index (χ3v) is 5.68. The van der Waals surface area contributed by atoms with Gasteiger partial charge in [-0.1, -0.05) is 19.1 Å². The van der Waals surface area contributed by atoms with Crippen LogP contribution in [-0.2, 0) is 29.4 Å². The second-order valence-electron chi connectivity index (χ2n) is 5.64. The van der Waals surface area contributed by atoms with Crippen LogP contribution < -0.4 is 15.8 Å². The Balaban J connectivity index is 1.95. The molecule has 0 unspecified atom stereocenters. The van der Waals surface area contributed by atoms with Crippen LogP contribution in [0.1, 0.15) is 29.3 Å². The van der Waals surface area contributed by atoms with Crippen LogP contribution in [0.15, 0.2) is 40.4 Å². The van der Waals surface area contributed by atoms with Crippen LogP contribution in [-0.4, -0.2) is 32.5 Å². The van der Waals surface area contributed by atoms with Gasteiger partial charge in [0.2, 0.25) is 10.0 Å². The van der Waals surface area contributed by atoms with Crippen molar-refractivity contribution in [2.24, 2.45) is 10.1 Å². The molecule has 0 amide bonds. The highest BCUT2D eigenvalue weighted by Gasteiger charge is 2.08. The minimum Gasteiger partial charge on any atom is -0.357 e. The molecule has 2 rings (SSSR count). The maximum absolute atomic E-state index is 11.4. The first-order chi connectivity index (χ1) is 12.4. The zero-order valence-electron chi connectivity index (χ0n) is 15.0. The number of hydrogen-bond donors (Lipinski definition) is 3. The van der Waals surface area contributed by atoms with Gasteiger partial charge in [-0.2, -0.15) is 0 Å². The average molecular weight is 396 g/mol. The van der Waals surface area contributed by atoms with E-state index in [2.05, 4.69) is 27.5 Å². The topological polar surface area (TPSA) is 109 Å². The van der Waals surface area contributed by atoms with Gasteiger partial charge in [0.25, 0.3) is 0 Å². The Labute approximate surface area is 158 Å². The molecule has 4 N–H and O–H groups in total. The SMILES string of the molecule is CCNC(=NCc1cccc(S(N)(=O)=O)c1)NCCc1ncc(CC)s1. The van der Waals surface area contributed by atoms with Crippen LogP contribution in [0.5, 0.6) is 0 Å². The van der Waals surface area contributed by atoms with Crippen molar-refractivity contribution in [2.75, 3.05) is 13.1 Å². The van der Waals surface area contributed by atoms with E-state index in [1.54, 1.807) is 23.5 Å². The fourth-order valence-electron chi connectivity index (χ4n) is 2.25. The normalized spacial score (nSPS) is 12.2. The number of rotatable bonds is 8. The van der Waals surface area contributed by atoms with Crippen LogP contribution in [0, 0.1) is 0 Å². The lowest BCUT2D eigenvalue weighted by Gasteiger charge is -2.11. The van der Waals surface area contributed by atoms with Gasteiger partial charge in [0.15, 0.2) is 5.96 Å². The van der Waals surface area contributed by atoms with Crippen molar-refractivity contribution in [1.29, 1.82) is 0 Å². The van der Waals surface area contributed by atoms with Gasteiger partial charge >= 0.3 is 0 Å². The average Bonchev–Trinajstić information content (AvgIpc) is 3.07. The van der Waals surface area contributed by atoms with Crippen molar-refractivity contribution in [3.63, 3.8) is 0 Å². The quantitative estimate of drug-likeness (QED) is 0.465. The van der Waals surface area contributed by atoms with E-state index < -0.39 is 10.0 Å². The first-order valence-corrected chi connectivity index (χ1v) is 10.9. The van der Waals surface area contributed by atoms with Gasteiger partial charge in [-0.3, -0.25) is 0 Å². The molecule has 7 nitrogen and oxygen atoms in total. The van der Waals surface area contributed by atoms with E-state index in [0.717, 1.165) is 36.5 Å². The van der Waals surface area contributed by atoms with Crippen LogP contribution in [0.25, 0.3) is 0 Å². The summed E-state index contributed by atoms with van der Waals surface area (Å²) in [7, 11) is -3.70. The molecule has 0 aliphatic rings. The molecular formula is C17H25N5O2S2. The van der Waals surface area contributed by atoms with E-state index in [1.807, 2.05) is 19.2 Å². The minimum absolute atomic E-state index is 0.0960. The summed E-state index contributed by atoms with van der Waals surface area (Å²) in [6, 6.07) is 6.51. The Kier molecular flexibility index (Phi) is 7.55. The molecule has 0 saturated carbocycles. The maximum Gasteiger partial charge on any atom is 0.238 e. The molecule has 0 aliphatic carbocycles. The number of thiazole rings is 1. The number of nitrogens with one attached hydrogen (secondary N) is 2. The molecule has 1 aromatic carbocycles. The fraction of sp³-hybridized carbons (Fsp3) is 0.412. The van der Waals surface area contributed by atoms with E-state index in [1.165, 1.54) is 10.9 Å². The minimum atomic E-state index is -3.70. The molecule has 9 heteroatoms. The standard InChI is InChI=1S/C17H25N5O2S2/c1-3-14-12-21-16(25-14)8-9-20-17(19-4-2)22-11-13-6-5-7-15(10-13)26(18,23)24/h5-7,10,12H,3-4,8-9,11H2,1-2H3,(H2,18,23,24)(H2,19,20,22). The lowest BCUT2D eigenvalue weighted by molar-refractivity contribution is 0.597. The summed E-state index contributed by atoms with van der Waals surface area (Å²) >= 11 is 1.73. The smallest absolute Gasteiger partial charge is 0.238 e. The molecule has 0 aliphatic heterocycles. The van der Waals surface area contributed by atoms with Crippen LogP contribution >= 0.6 is 11.3 Å². The van der Waals surface area contributed by atoms with E-state index in [0.29, 0.717) is 12.5 Å². The highest BCUT2D eigenvalue weighted by atomic mass is 32.2. The molecule has 0 saturated heterocycles. The number of nitrogens with zero attached hydrogens (tertiary/aromatic N) is 2. The first-order valence-electron chi connectivity index (χ1n) is 8.50. The van der Waals surface area contributed by atoms with Crippen LogP contribution in [0.3, 0.4) is 0 Å². The Morgan fingerprint density at radius 3 is 2.77 bits per heavy atom. The summed E-state index contributed by atoms with van der Waals surface area (Å²) in [5.41, 5.74) is 0.779. The molecular weight excluding hydrogens is 370 g/mol. The molecule has 0 atom stereocenters. The Bertz CT molecular complexity index is 846. The van der Waals surface area contributed by atoms with Crippen molar-refractivity contribution >= 4 is 27.3 Å². The molecule has 1 heterocycles. The van der Waals surface area contributed by atoms with E-state index in [9.17, 15) is 8.42 Å². The number of primary sulfonamides is 1. The molecule has 2 aromatic rings. The summed E-state index contributed by atoms with van der Waals surface area (Å²) in [5.74, 6) is 0.681. The summed E-state index contributed by atoms with van der Waals surface area (Å²) < 4.78 is 22.9. The predicted octanol–water partition coefficient (Wildman–Crippen LogP) is 1.65. The molecule has 142 valence electrons. The second-order valence-corrected chi connectivity index (χ2v) is 8.40. The van der Waals surface area contributed by atoms with E-state index in [4.69, 9.17) is 5.14 Å². The van der Waals surface area contributed by atoms with Crippen molar-refractivity contribution in [3.8, 4) is 0 Å². The van der Waals surface area contributed by atoms with Gasteiger partial charge < -0.3 is 10.6 Å². The van der Waals surface area contributed by atoms with E-state index in [-0.39, 0.29) is 4.90 Å². The summed E-state index contributed by atoms with van der Waals surface area (Å²) in [4.78, 5) is 10.3. The van der Waals surface area contributed by atoms with Crippen molar-refractivity contribution < 1.29 is 8.42 Å². The van der Waals surface area contributed by atoms with Crippen molar-refractivity contribution in [1.82, 2.24) is 15.6 Å². The Hall–Kier alpha value is -1.97. The maximum atomic E-state index is 11.4. The number of aliphatic imine (C=N–C) groups is 1. The molecule has 0 spiro atoms. The lowest BCUT2D eigenvalue weighted by Crippen LogP contribution is -2.38. The molecule has 1 aromatic heterocycles. The number of aryl methyl sites for hydroxylation is 1. The lowest BCUT2D eigenvalue weighted by atomic mass is 10.2. The predicted molar refractivity (Wildman–Crippen MR) is 106 cm³/mol. The first kappa shape index (κ1) is 20.3. The zero-order chi connectivity index (χ0) is 19.0. The molecule has 26 heavy (non-hydrogen) atoms. The van der Waals surface area contributed by atoms with Gasteiger partial charge in [-0.05, 0) is 31.0 Å². The number of nitrogens with two attached hydrogens (primary N) is 1. The summed E-state index contributed by atoms with van der Waals surface area (Å²) in [6.45, 7) is 5.93. The third-order valence-electron chi connectivity index (χ3n) is 3.57. The number of benzene rings is 1. The molecule has 0 fully saturated rings. The van der Waals surface area contributed by atoms with Gasteiger partial charge in [0, 0.05) is 30.6 Å². The monoisotopic (exact) mass is 395 g/mol. The third kappa shape index (κ3) is 6.40. The summed E-state index contributed by atoms with van der Waals surface area (Å²) in [5, 5.41) is 12.7. The van der Waals surface area contributed by atoms with Gasteiger partial charge in [0.1, 0.15) is 0 Å². The van der Waals surface area contributed by atoms with Crippen molar-refractivity contribution in [3.05, 3.63) is 45.9 Å². The van der Waals surface area contributed by atoms with Crippen LogP contribution in [0.4, 0.5) is 0 Å². The number of hydrogen-bond acceptors (Lipinski definition) is 5. The number of sulfonamides is 1. The highest BCUT2D eigenvalue weighted by molar-refractivity contribution is 7.89. The highest BCUT2D eigenvalue weighted by Crippen LogP contribution is 2.13. The largest absolute Gasteiger partial charge is 0.357 e. The fourth-order valence-corrected chi connectivity index (χ4v) is 3.69. The Morgan fingerprint density at radius 1 is 1.31 bits per heavy atom. The van der Waals surface area contributed by atoms with Crippen molar-refractivity contribution in [2.45, 2.75) is 38.1 Å². The summed E-state index contributed by atoms with van der Waals surface area (Å²) in [6.07, 6.45) is 3.76. The molecule has 0 radical (unpaired) electrons. The Morgan fingerprint density at radius 2 is 2.12 bits per heavy atom. The number of guanidine groups is 1. The van der Waals surface area contributed by atoms with Gasteiger partial charge in [0.05, 0.1) is 16.4 Å². The van der Waals surface area contributed by atoms with E-state index >= 15 is 0 Å². The zero-order valence-corrected chi connectivity index (χ0v) is 16.7. The van der Waals surface area contributed by atoms with Gasteiger partial charge in [-0.25, -0.2) is 23.5 Å². The molecule has 0 bridgehead atoms. The second kappa shape index (κ2) is 9.65. The number of aromatic nitrogens is 1. The van der Waals surface area contributed by atoms with Gasteiger partial charge in [-0.15, -0.1) is 11.3 Å².